The molecule has 0 radical (unpaired) electrons. The fourth-order valence-electron chi connectivity index (χ4n) is 3.11. The fraction of sp³-hybridized carbons (Fsp3) is 0.381. The van der Waals surface area contributed by atoms with Crippen LogP contribution in [0.25, 0.3) is 11.1 Å². The van der Waals surface area contributed by atoms with E-state index in [1.165, 1.54) is 17.7 Å². The number of nitrogens with zero attached hydrogens (tertiary/aromatic N) is 1. The van der Waals surface area contributed by atoms with Gasteiger partial charge >= 0.3 is 5.90 Å². The molecule has 2 nitrogen and oxygen atoms in total. The Morgan fingerprint density at radius 1 is 1.08 bits per heavy atom. The zero-order chi connectivity index (χ0) is 17.5. The highest BCUT2D eigenvalue weighted by molar-refractivity contribution is 6.00. The molecule has 2 aromatic rings. The number of rotatable bonds is 3. The maximum atomic E-state index is 13.3. The van der Waals surface area contributed by atoms with Crippen LogP contribution in [0.5, 0.6) is 0 Å². The van der Waals surface area contributed by atoms with Gasteiger partial charge in [-0.1, -0.05) is 44.2 Å². The molecule has 0 aliphatic carbocycles. The van der Waals surface area contributed by atoms with Crippen molar-refractivity contribution in [3.05, 3.63) is 59.4 Å². The van der Waals surface area contributed by atoms with Crippen LogP contribution in [0.2, 0.25) is 0 Å². The molecule has 1 heterocycles. The van der Waals surface area contributed by atoms with Crippen molar-refractivity contribution in [1.82, 2.24) is 0 Å². The zero-order valence-electron chi connectivity index (χ0n) is 15.4. The van der Waals surface area contributed by atoms with E-state index in [1.54, 1.807) is 0 Å². The van der Waals surface area contributed by atoms with E-state index in [1.807, 2.05) is 12.1 Å². The minimum atomic E-state index is -0.219. The van der Waals surface area contributed by atoms with Crippen molar-refractivity contribution in [1.29, 1.82) is 0 Å². The first-order chi connectivity index (χ1) is 11.3. The van der Waals surface area contributed by atoms with Gasteiger partial charge in [0, 0.05) is 13.8 Å². The van der Waals surface area contributed by atoms with Crippen molar-refractivity contribution in [3.63, 3.8) is 0 Å². The van der Waals surface area contributed by atoms with E-state index in [9.17, 15) is 4.39 Å². The van der Waals surface area contributed by atoms with Crippen molar-refractivity contribution >= 4 is 5.90 Å². The van der Waals surface area contributed by atoms with Gasteiger partial charge in [-0.3, -0.25) is 0 Å². The number of halogens is 2. The SMILES string of the molecule is CC(C)c1cccc(-c2ccc(F)cc2)c1C1=[N+](C)C(C)(C)CO1.[I-]. The van der Waals surface area contributed by atoms with Gasteiger partial charge in [-0.15, -0.1) is 0 Å². The second-order valence-corrected chi connectivity index (χ2v) is 7.40. The van der Waals surface area contributed by atoms with Gasteiger partial charge < -0.3 is 28.7 Å². The summed E-state index contributed by atoms with van der Waals surface area (Å²) in [6.45, 7) is 9.39. The van der Waals surface area contributed by atoms with E-state index < -0.39 is 0 Å². The summed E-state index contributed by atoms with van der Waals surface area (Å²) in [5, 5.41) is 0. The first-order valence-corrected chi connectivity index (χ1v) is 8.44. The highest BCUT2D eigenvalue weighted by Crippen LogP contribution is 2.33. The Bertz CT molecular complexity index is 794. The Morgan fingerprint density at radius 3 is 2.24 bits per heavy atom. The lowest BCUT2D eigenvalue weighted by atomic mass is 9.90. The predicted octanol–water partition coefficient (Wildman–Crippen LogP) is 1.82. The molecular weight excluding hydrogens is 428 g/mol. The van der Waals surface area contributed by atoms with Gasteiger partial charge in [0.15, 0.2) is 12.1 Å². The van der Waals surface area contributed by atoms with Crippen LogP contribution >= 0.6 is 0 Å². The molecule has 0 unspecified atom stereocenters. The number of ether oxygens (including phenoxy) is 1. The largest absolute Gasteiger partial charge is 1.00 e. The van der Waals surface area contributed by atoms with Gasteiger partial charge in [-0.2, -0.15) is 4.58 Å². The smallest absolute Gasteiger partial charge is 0.371 e. The molecule has 0 fully saturated rings. The minimum absolute atomic E-state index is 0. The summed E-state index contributed by atoms with van der Waals surface area (Å²) in [5.41, 5.74) is 4.41. The summed E-state index contributed by atoms with van der Waals surface area (Å²) in [6.07, 6.45) is 0. The highest BCUT2D eigenvalue weighted by atomic mass is 127. The Labute approximate surface area is 166 Å². The number of hydrogen-bond acceptors (Lipinski definition) is 1. The zero-order valence-corrected chi connectivity index (χ0v) is 17.6. The topological polar surface area (TPSA) is 12.2 Å². The van der Waals surface area contributed by atoms with Crippen molar-refractivity contribution in [2.24, 2.45) is 0 Å². The molecule has 4 heteroatoms. The number of benzene rings is 2. The van der Waals surface area contributed by atoms with Gasteiger partial charge in [0.05, 0.1) is 5.56 Å². The average Bonchev–Trinajstić information content (AvgIpc) is 2.81. The quantitative estimate of drug-likeness (QED) is 0.511. The van der Waals surface area contributed by atoms with Gasteiger partial charge in [0.25, 0.3) is 0 Å². The van der Waals surface area contributed by atoms with E-state index in [2.05, 4.69) is 57.5 Å². The second-order valence-electron chi connectivity index (χ2n) is 7.40. The van der Waals surface area contributed by atoms with Gasteiger partial charge in [-0.25, -0.2) is 4.39 Å². The number of hydrogen-bond donors (Lipinski definition) is 0. The molecule has 0 saturated heterocycles. The lowest BCUT2D eigenvalue weighted by Gasteiger charge is -2.16. The first-order valence-electron chi connectivity index (χ1n) is 8.44. The summed E-state index contributed by atoms with van der Waals surface area (Å²) in [7, 11) is 2.08. The van der Waals surface area contributed by atoms with Crippen LogP contribution in [0.3, 0.4) is 0 Å². The standard InChI is InChI=1S/C21H25FNO.HI/c1-14(2)17-7-6-8-18(15-9-11-16(22)12-10-15)19(17)20-23(5)21(3,4)13-24-20;/h6-12,14H,13H2,1-5H3;1H/q+1;/p-1. The molecule has 0 spiro atoms. The molecule has 0 N–H and O–H groups in total. The highest BCUT2D eigenvalue weighted by Gasteiger charge is 2.42. The molecule has 0 atom stereocenters. The predicted molar refractivity (Wildman–Crippen MR) is 96.2 cm³/mol. The second kappa shape index (κ2) is 7.44. The summed E-state index contributed by atoms with van der Waals surface area (Å²) in [5.74, 6) is 1.06. The normalized spacial score (nSPS) is 16.0. The Morgan fingerprint density at radius 2 is 1.72 bits per heavy atom. The lowest BCUT2D eigenvalue weighted by molar-refractivity contribution is -0.562. The van der Waals surface area contributed by atoms with E-state index in [0.29, 0.717) is 12.5 Å². The molecule has 1 aliphatic rings. The summed E-state index contributed by atoms with van der Waals surface area (Å²) in [6, 6.07) is 13.0. The third kappa shape index (κ3) is 3.73. The molecule has 25 heavy (non-hydrogen) atoms. The maximum absolute atomic E-state index is 13.3. The summed E-state index contributed by atoms with van der Waals surface area (Å²) < 4.78 is 21.7. The Kier molecular flexibility index (Phi) is 5.92. The first kappa shape index (κ1) is 19.9. The van der Waals surface area contributed by atoms with Crippen LogP contribution in [0.4, 0.5) is 4.39 Å². The average molecular weight is 453 g/mol. The van der Waals surface area contributed by atoms with Gasteiger partial charge in [0.2, 0.25) is 0 Å². The van der Waals surface area contributed by atoms with Crippen LogP contribution in [0.1, 0.15) is 44.7 Å². The molecule has 134 valence electrons. The van der Waals surface area contributed by atoms with Gasteiger partial charge in [0.1, 0.15) is 12.9 Å². The third-order valence-corrected chi connectivity index (χ3v) is 4.86. The van der Waals surface area contributed by atoms with Crippen LogP contribution in [0.15, 0.2) is 42.5 Å². The molecule has 0 aromatic heterocycles. The van der Waals surface area contributed by atoms with Crippen LogP contribution < -0.4 is 24.0 Å². The molecule has 0 saturated carbocycles. The van der Waals surface area contributed by atoms with Crippen LogP contribution in [-0.2, 0) is 4.74 Å². The Balaban J connectivity index is 0.00000225. The third-order valence-electron chi connectivity index (χ3n) is 4.86. The monoisotopic (exact) mass is 453 g/mol. The Hall–Kier alpha value is -1.43. The van der Waals surface area contributed by atoms with Crippen molar-refractivity contribution in [2.75, 3.05) is 13.7 Å². The van der Waals surface area contributed by atoms with Crippen LogP contribution in [-0.4, -0.2) is 29.7 Å². The molecule has 2 aromatic carbocycles. The van der Waals surface area contributed by atoms with Crippen molar-refractivity contribution < 1.29 is 37.7 Å². The molecule has 0 amide bonds. The molecule has 0 bridgehead atoms. The fourth-order valence-corrected chi connectivity index (χ4v) is 3.11. The summed E-state index contributed by atoms with van der Waals surface area (Å²) in [4.78, 5) is 0. The van der Waals surface area contributed by atoms with Crippen molar-refractivity contribution in [3.8, 4) is 11.1 Å². The maximum Gasteiger partial charge on any atom is 0.371 e. The summed E-state index contributed by atoms with van der Waals surface area (Å²) >= 11 is 0. The minimum Gasteiger partial charge on any atom is -1.00 e. The van der Waals surface area contributed by atoms with Crippen molar-refractivity contribution in [2.45, 2.75) is 39.2 Å². The molecule has 1 aliphatic heterocycles. The molecule has 3 rings (SSSR count). The lowest BCUT2D eigenvalue weighted by Crippen LogP contribution is -3.00. The van der Waals surface area contributed by atoms with E-state index >= 15 is 0 Å². The van der Waals surface area contributed by atoms with E-state index in [4.69, 9.17) is 4.74 Å². The molecular formula is C21H25FINO. The number of likely N-dealkylation sites (N-methyl/N-ethyl adjacent to an activating group) is 1. The van der Waals surface area contributed by atoms with E-state index in [0.717, 1.165) is 22.6 Å². The van der Waals surface area contributed by atoms with E-state index in [-0.39, 0.29) is 35.3 Å². The van der Waals surface area contributed by atoms with Crippen LogP contribution in [0, 0.1) is 5.82 Å². The van der Waals surface area contributed by atoms with Gasteiger partial charge in [-0.05, 0) is 34.7 Å².